The third-order valence-corrected chi connectivity index (χ3v) is 10.1. The Kier molecular flexibility index (Phi) is 6.53. The highest BCUT2D eigenvalue weighted by Gasteiger charge is 2.21. The Morgan fingerprint density at radius 3 is 1.58 bits per heavy atom. The molecule has 0 bridgehead atoms. The van der Waals surface area contributed by atoms with Gasteiger partial charge in [-0.3, -0.25) is 0 Å². The van der Waals surface area contributed by atoms with E-state index in [0.29, 0.717) is 0 Å². The molecular weight excluding hydrogens is 605 g/mol. The first-order chi connectivity index (χ1) is 24.8. The first-order valence-electron chi connectivity index (χ1n) is 17.2. The minimum atomic E-state index is 1.16. The zero-order chi connectivity index (χ0) is 33.0. The van der Waals surface area contributed by atoms with Gasteiger partial charge in [-0.2, -0.15) is 0 Å². The van der Waals surface area contributed by atoms with E-state index in [2.05, 4.69) is 203 Å². The van der Waals surface area contributed by atoms with E-state index < -0.39 is 0 Å². The third kappa shape index (κ3) is 4.36. The molecule has 0 atom stereocenters. The van der Waals surface area contributed by atoms with Crippen LogP contribution in [0, 0.1) is 0 Å². The molecule has 0 fully saturated rings. The van der Waals surface area contributed by atoms with Crippen molar-refractivity contribution in [3.63, 3.8) is 0 Å². The van der Waals surface area contributed by atoms with Gasteiger partial charge in [0.2, 0.25) is 0 Å². The van der Waals surface area contributed by atoms with Gasteiger partial charge in [0.05, 0.1) is 27.8 Å². The Morgan fingerprint density at radius 2 is 0.840 bits per heavy atom. The molecule has 0 spiro atoms. The molecule has 0 unspecified atom stereocenters. The first-order valence-corrected chi connectivity index (χ1v) is 17.2. The zero-order valence-corrected chi connectivity index (χ0v) is 27.4. The van der Waals surface area contributed by atoms with Gasteiger partial charge in [-0.1, -0.05) is 158 Å². The van der Waals surface area contributed by atoms with Gasteiger partial charge in [-0.05, 0) is 58.7 Å². The number of aromatic nitrogens is 2. The molecule has 0 N–H and O–H groups in total. The summed E-state index contributed by atoms with van der Waals surface area (Å²) >= 11 is 0. The van der Waals surface area contributed by atoms with Crippen molar-refractivity contribution in [2.24, 2.45) is 0 Å². The van der Waals surface area contributed by atoms with Gasteiger partial charge >= 0.3 is 0 Å². The van der Waals surface area contributed by atoms with Crippen molar-refractivity contribution >= 4 is 43.6 Å². The predicted octanol–water partition coefficient (Wildman–Crippen LogP) is 12.9. The molecule has 2 heteroatoms. The highest BCUT2D eigenvalue weighted by Crippen LogP contribution is 2.43. The second-order valence-electron chi connectivity index (χ2n) is 12.9. The van der Waals surface area contributed by atoms with E-state index >= 15 is 0 Å². The van der Waals surface area contributed by atoms with E-state index in [1.807, 2.05) is 0 Å². The summed E-state index contributed by atoms with van der Waals surface area (Å²) in [4.78, 5) is 0. The van der Waals surface area contributed by atoms with Crippen molar-refractivity contribution in [3.8, 4) is 44.8 Å². The number of hydrogen-bond donors (Lipinski definition) is 0. The highest BCUT2D eigenvalue weighted by molar-refractivity contribution is 6.15. The van der Waals surface area contributed by atoms with Gasteiger partial charge < -0.3 is 9.13 Å². The molecule has 8 aromatic carbocycles. The van der Waals surface area contributed by atoms with Crippen LogP contribution in [-0.2, 0) is 0 Å². The molecule has 0 aliphatic rings. The van der Waals surface area contributed by atoms with Crippen molar-refractivity contribution in [2.75, 3.05) is 0 Å². The minimum Gasteiger partial charge on any atom is -0.309 e. The maximum atomic E-state index is 2.48. The fourth-order valence-electron chi connectivity index (χ4n) is 7.99. The van der Waals surface area contributed by atoms with Crippen LogP contribution in [0.2, 0.25) is 0 Å². The number of benzene rings is 8. The van der Waals surface area contributed by atoms with E-state index in [9.17, 15) is 0 Å². The first kappa shape index (κ1) is 28.4. The van der Waals surface area contributed by atoms with Crippen LogP contribution in [0.5, 0.6) is 0 Å². The zero-order valence-electron chi connectivity index (χ0n) is 27.4. The maximum Gasteiger partial charge on any atom is 0.0619 e. The molecule has 2 nitrogen and oxygen atoms in total. The summed E-state index contributed by atoms with van der Waals surface area (Å²) in [5.74, 6) is 0. The highest BCUT2D eigenvalue weighted by atomic mass is 15.0. The van der Waals surface area contributed by atoms with Gasteiger partial charge in [0.25, 0.3) is 0 Å². The number of hydrogen-bond acceptors (Lipinski definition) is 0. The summed E-state index contributed by atoms with van der Waals surface area (Å²) in [6.45, 7) is 0. The molecule has 50 heavy (non-hydrogen) atoms. The molecule has 10 rings (SSSR count). The Bertz CT molecular complexity index is 2840. The van der Waals surface area contributed by atoms with E-state index in [4.69, 9.17) is 0 Å². The summed E-state index contributed by atoms with van der Waals surface area (Å²) in [6, 6.07) is 70.4. The molecule has 0 aliphatic carbocycles. The van der Waals surface area contributed by atoms with Crippen LogP contribution in [0.4, 0.5) is 0 Å². The van der Waals surface area contributed by atoms with Crippen LogP contribution >= 0.6 is 0 Å². The van der Waals surface area contributed by atoms with Gasteiger partial charge in [0, 0.05) is 38.4 Å². The fourth-order valence-corrected chi connectivity index (χ4v) is 7.99. The number of rotatable bonds is 5. The van der Waals surface area contributed by atoms with Crippen molar-refractivity contribution < 1.29 is 0 Å². The van der Waals surface area contributed by atoms with Crippen LogP contribution in [0.1, 0.15) is 0 Å². The van der Waals surface area contributed by atoms with Gasteiger partial charge in [-0.15, -0.1) is 0 Å². The van der Waals surface area contributed by atoms with E-state index in [0.717, 1.165) is 11.4 Å². The summed E-state index contributed by atoms with van der Waals surface area (Å²) in [6.07, 6.45) is 0. The number of nitrogens with zero attached hydrogens (tertiary/aromatic N) is 2. The summed E-state index contributed by atoms with van der Waals surface area (Å²) in [5.41, 5.74) is 14.4. The average molecular weight is 637 g/mol. The Labute approximate surface area is 290 Å². The molecule has 0 amide bonds. The molecule has 0 saturated heterocycles. The molecule has 0 saturated carbocycles. The number of fused-ring (bicyclic) bond motifs is 6. The van der Waals surface area contributed by atoms with Crippen molar-refractivity contribution in [1.29, 1.82) is 0 Å². The van der Waals surface area contributed by atoms with Crippen LogP contribution in [-0.4, -0.2) is 9.13 Å². The Morgan fingerprint density at radius 1 is 0.300 bits per heavy atom. The molecule has 0 aliphatic heterocycles. The summed E-state index contributed by atoms with van der Waals surface area (Å²) < 4.78 is 4.91. The molecule has 0 radical (unpaired) electrons. The largest absolute Gasteiger partial charge is 0.309 e. The Hall–Kier alpha value is -6.64. The quantitative estimate of drug-likeness (QED) is 0.178. The minimum absolute atomic E-state index is 1.16. The lowest BCUT2D eigenvalue weighted by atomic mass is 9.92. The molecule has 10 aromatic rings. The Balaban J connectivity index is 1.30. The molecular formula is C48H32N2. The van der Waals surface area contributed by atoms with Crippen LogP contribution in [0.3, 0.4) is 0 Å². The van der Waals surface area contributed by atoms with Crippen LogP contribution in [0.25, 0.3) is 88.4 Å². The van der Waals surface area contributed by atoms with Gasteiger partial charge in [0.1, 0.15) is 0 Å². The van der Waals surface area contributed by atoms with Gasteiger partial charge in [0.15, 0.2) is 0 Å². The van der Waals surface area contributed by atoms with Crippen LogP contribution < -0.4 is 0 Å². The van der Waals surface area contributed by atoms with Gasteiger partial charge in [-0.25, -0.2) is 0 Å². The third-order valence-electron chi connectivity index (χ3n) is 10.1. The monoisotopic (exact) mass is 636 g/mol. The van der Waals surface area contributed by atoms with E-state index in [1.165, 1.54) is 77.0 Å². The van der Waals surface area contributed by atoms with E-state index in [-0.39, 0.29) is 0 Å². The molecule has 2 heterocycles. The summed E-state index contributed by atoms with van der Waals surface area (Å²) in [5, 5.41) is 5.00. The lowest BCUT2D eigenvalue weighted by molar-refractivity contribution is 1.18. The topological polar surface area (TPSA) is 9.86 Å². The molecule has 234 valence electrons. The van der Waals surface area contributed by atoms with Crippen molar-refractivity contribution in [2.45, 2.75) is 0 Å². The second-order valence-corrected chi connectivity index (χ2v) is 12.9. The summed E-state index contributed by atoms with van der Waals surface area (Å²) in [7, 11) is 0. The SMILES string of the molecule is c1ccc(-c2cccc(-n3c4ccccc4c4ccc(-c5cccc6c7ccccc7n(-c7ccccc7)c56)cc43)c2-c2ccccc2)cc1. The van der Waals surface area contributed by atoms with Crippen molar-refractivity contribution in [1.82, 2.24) is 9.13 Å². The van der Waals surface area contributed by atoms with Crippen LogP contribution in [0.15, 0.2) is 194 Å². The lowest BCUT2D eigenvalue weighted by Gasteiger charge is -2.19. The second kappa shape index (κ2) is 11.5. The number of para-hydroxylation sites is 4. The maximum absolute atomic E-state index is 2.48. The molecule has 2 aromatic heterocycles. The standard InChI is InChI=1S/C48H32N2/c1-4-16-33(17-5-1)37-24-15-29-45(47(37)34-18-6-2-7-19-34)50-44-28-13-10-22-39(44)41-31-30-35(32-46(41)50)38-25-14-26-42-40-23-11-12-27-43(40)49(48(38)42)36-20-8-3-9-21-36/h1-32H. The lowest BCUT2D eigenvalue weighted by Crippen LogP contribution is -1.99. The van der Waals surface area contributed by atoms with Crippen molar-refractivity contribution in [3.05, 3.63) is 194 Å². The van der Waals surface area contributed by atoms with E-state index in [1.54, 1.807) is 0 Å². The predicted molar refractivity (Wildman–Crippen MR) is 211 cm³/mol. The average Bonchev–Trinajstić information content (AvgIpc) is 3.71. The smallest absolute Gasteiger partial charge is 0.0619 e. The normalized spacial score (nSPS) is 11.6. The fraction of sp³-hybridized carbons (Fsp3) is 0.